The number of hydrogen-bond acceptors (Lipinski definition) is 6. The maximum Gasteiger partial charge on any atom is 0.304 e. The Hall–Kier alpha value is -3.71. The van der Waals surface area contributed by atoms with Gasteiger partial charge in [-0.3, -0.25) is 4.79 Å². The minimum atomic E-state index is -0.844. The first-order valence-electron chi connectivity index (χ1n) is 12.2. The molecule has 2 aliphatic heterocycles. The van der Waals surface area contributed by atoms with E-state index in [1.54, 1.807) is 12.1 Å². The Morgan fingerprint density at radius 3 is 2.56 bits per heavy atom. The molecule has 0 amide bonds. The van der Waals surface area contributed by atoms with E-state index in [0.717, 1.165) is 46.6 Å². The largest absolute Gasteiger partial charge is 0.508 e. The second-order valence-electron chi connectivity index (χ2n) is 9.47. The fourth-order valence-corrected chi connectivity index (χ4v) is 4.99. The molecule has 0 aromatic heterocycles. The van der Waals surface area contributed by atoms with Crippen LogP contribution in [0.4, 0.5) is 0 Å². The number of rotatable bonds is 8. The smallest absolute Gasteiger partial charge is 0.304 e. The molecule has 0 spiro atoms. The Balaban J connectivity index is 1.31. The number of carboxylic acid groups (broad SMARTS) is 1. The summed E-state index contributed by atoms with van der Waals surface area (Å²) >= 11 is 0. The van der Waals surface area contributed by atoms with E-state index >= 15 is 0 Å². The van der Waals surface area contributed by atoms with Gasteiger partial charge in [0.15, 0.2) is 0 Å². The predicted molar refractivity (Wildman–Crippen MR) is 134 cm³/mol. The highest BCUT2D eigenvalue weighted by atomic mass is 16.5. The standard InChI is InChI=1S/C29H30O7/c1-17-9-24(36-23-7-8-33-16-23)10-18(2)29(17)19-3-6-26(30)21(11-19)15-34-22-4-5-25-20(12-28(31)32)14-35-27(25)13-22/h3-6,9-11,13,20,23,30H,7-8,12,14-16H2,1-2H3,(H,31,32)/t20-,23?/m1/s1. The minimum Gasteiger partial charge on any atom is -0.508 e. The maximum atomic E-state index is 11.1. The number of aliphatic carboxylic acids is 1. The third-order valence-corrected chi connectivity index (χ3v) is 6.75. The number of carboxylic acids is 1. The fraction of sp³-hybridized carbons (Fsp3) is 0.345. The van der Waals surface area contributed by atoms with Gasteiger partial charge in [0.05, 0.1) is 26.2 Å². The average Bonchev–Trinajstić information content (AvgIpc) is 3.48. The molecule has 2 N–H and O–H groups in total. The lowest BCUT2D eigenvalue weighted by molar-refractivity contribution is -0.137. The van der Waals surface area contributed by atoms with E-state index < -0.39 is 5.97 Å². The van der Waals surface area contributed by atoms with E-state index in [9.17, 15) is 9.90 Å². The first-order valence-corrected chi connectivity index (χ1v) is 12.2. The Morgan fingerprint density at radius 2 is 1.83 bits per heavy atom. The molecule has 2 heterocycles. The summed E-state index contributed by atoms with van der Waals surface area (Å²) in [5.41, 5.74) is 5.82. The lowest BCUT2D eigenvalue weighted by atomic mass is 9.94. The fourth-order valence-electron chi connectivity index (χ4n) is 4.99. The van der Waals surface area contributed by atoms with Gasteiger partial charge in [0, 0.05) is 29.5 Å². The van der Waals surface area contributed by atoms with Gasteiger partial charge in [0.1, 0.15) is 35.7 Å². The molecule has 2 aliphatic rings. The Labute approximate surface area is 210 Å². The van der Waals surface area contributed by atoms with Crippen molar-refractivity contribution >= 4 is 5.97 Å². The molecule has 1 saturated heterocycles. The monoisotopic (exact) mass is 490 g/mol. The molecule has 0 bridgehead atoms. The average molecular weight is 491 g/mol. The quantitative estimate of drug-likeness (QED) is 0.438. The summed E-state index contributed by atoms with van der Waals surface area (Å²) < 4.78 is 23.1. The summed E-state index contributed by atoms with van der Waals surface area (Å²) in [6, 6.07) is 15.1. The van der Waals surface area contributed by atoms with Crippen LogP contribution in [-0.4, -0.2) is 42.1 Å². The number of phenols is 1. The van der Waals surface area contributed by atoms with Crippen molar-refractivity contribution in [2.75, 3.05) is 19.8 Å². The molecular formula is C29H30O7. The number of phenolic OH excluding ortho intramolecular Hbond substituents is 1. The van der Waals surface area contributed by atoms with Gasteiger partial charge in [0.25, 0.3) is 0 Å². The summed E-state index contributed by atoms with van der Waals surface area (Å²) in [4.78, 5) is 11.1. The van der Waals surface area contributed by atoms with Crippen LogP contribution in [-0.2, 0) is 16.1 Å². The number of fused-ring (bicyclic) bond motifs is 1. The Bertz CT molecular complexity index is 1250. The van der Waals surface area contributed by atoms with E-state index in [0.29, 0.717) is 30.3 Å². The maximum absolute atomic E-state index is 11.1. The highest BCUT2D eigenvalue weighted by Gasteiger charge is 2.26. The molecular weight excluding hydrogens is 460 g/mol. The number of benzene rings is 3. The van der Waals surface area contributed by atoms with Crippen LogP contribution in [0.25, 0.3) is 11.1 Å². The number of hydrogen-bond donors (Lipinski definition) is 2. The third-order valence-electron chi connectivity index (χ3n) is 6.75. The minimum absolute atomic E-state index is 0.0365. The molecule has 0 radical (unpaired) electrons. The normalized spacial score (nSPS) is 18.5. The van der Waals surface area contributed by atoms with Crippen LogP contribution < -0.4 is 14.2 Å². The van der Waals surface area contributed by atoms with Crippen molar-refractivity contribution in [3.05, 3.63) is 70.8 Å². The Morgan fingerprint density at radius 1 is 1.03 bits per heavy atom. The van der Waals surface area contributed by atoms with Crippen LogP contribution >= 0.6 is 0 Å². The second-order valence-corrected chi connectivity index (χ2v) is 9.47. The molecule has 0 aliphatic carbocycles. The topological polar surface area (TPSA) is 94.5 Å². The molecule has 0 saturated carbocycles. The van der Waals surface area contributed by atoms with Crippen LogP contribution in [0, 0.1) is 13.8 Å². The summed E-state index contributed by atoms with van der Waals surface area (Å²) in [5.74, 6) is 1.25. The predicted octanol–water partition coefficient (Wildman–Crippen LogP) is 5.37. The van der Waals surface area contributed by atoms with Crippen molar-refractivity contribution in [1.82, 2.24) is 0 Å². The van der Waals surface area contributed by atoms with Crippen molar-refractivity contribution in [2.24, 2.45) is 0 Å². The SMILES string of the molecule is Cc1cc(OC2CCOC2)cc(C)c1-c1ccc(O)c(COc2ccc3c(c2)OC[C@H]3CC(=O)O)c1. The summed E-state index contributed by atoms with van der Waals surface area (Å²) in [7, 11) is 0. The van der Waals surface area contributed by atoms with Gasteiger partial charge in [-0.15, -0.1) is 0 Å². The van der Waals surface area contributed by atoms with Crippen LogP contribution in [0.2, 0.25) is 0 Å². The molecule has 5 rings (SSSR count). The number of carbonyl (C=O) groups is 1. The van der Waals surface area contributed by atoms with Crippen LogP contribution in [0.15, 0.2) is 48.5 Å². The lowest BCUT2D eigenvalue weighted by Crippen LogP contribution is -2.15. The van der Waals surface area contributed by atoms with E-state index in [4.69, 9.17) is 24.1 Å². The molecule has 3 aromatic carbocycles. The molecule has 188 valence electrons. The number of aromatic hydroxyl groups is 1. The summed E-state index contributed by atoms with van der Waals surface area (Å²) in [6.07, 6.45) is 1.04. The lowest BCUT2D eigenvalue weighted by Gasteiger charge is -2.17. The first kappa shape index (κ1) is 24.0. The van der Waals surface area contributed by atoms with Crippen LogP contribution in [0.3, 0.4) is 0 Å². The van der Waals surface area contributed by atoms with Crippen molar-refractivity contribution < 1.29 is 34.0 Å². The van der Waals surface area contributed by atoms with E-state index in [1.807, 2.05) is 36.4 Å². The van der Waals surface area contributed by atoms with Crippen LogP contribution in [0.1, 0.15) is 41.0 Å². The highest BCUT2D eigenvalue weighted by Crippen LogP contribution is 2.39. The van der Waals surface area contributed by atoms with Crippen molar-refractivity contribution in [1.29, 1.82) is 0 Å². The van der Waals surface area contributed by atoms with Crippen LogP contribution in [0.5, 0.6) is 23.0 Å². The first-order chi connectivity index (χ1) is 17.4. The van der Waals surface area contributed by atoms with Crippen molar-refractivity contribution in [3.63, 3.8) is 0 Å². The molecule has 7 nitrogen and oxygen atoms in total. The number of ether oxygens (including phenoxy) is 4. The van der Waals surface area contributed by atoms with Gasteiger partial charge in [0.2, 0.25) is 0 Å². The second kappa shape index (κ2) is 10.1. The third kappa shape index (κ3) is 5.11. The molecule has 7 heteroatoms. The zero-order valence-electron chi connectivity index (χ0n) is 20.5. The van der Waals surface area contributed by atoms with E-state index in [2.05, 4.69) is 13.8 Å². The zero-order chi connectivity index (χ0) is 25.2. The highest BCUT2D eigenvalue weighted by molar-refractivity contribution is 5.73. The van der Waals surface area contributed by atoms with Gasteiger partial charge in [-0.05, 0) is 66.4 Å². The van der Waals surface area contributed by atoms with Gasteiger partial charge in [-0.25, -0.2) is 0 Å². The van der Waals surface area contributed by atoms with E-state index in [-0.39, 0.29) is 30.8 Å². The molecule has 1 fully saturated rings. The number of aryl methyl sites for hydroxylation is 2. The molecule has 3 aromatic rings. The van der Waals surface area contributed by atoms with Crippen molar-refractivity contribution in [3.8, 4) is 34.1 Å². The summed E-state index contributed by atoms with van der Waals surface area (Å²) in [6.45, 7) is 6.02. The van der Waals surface area contributed by atoms with Gasteiger partial charge >= 0.3 is 5.97 Å². The molecule has 36 heavy (non-hydrogen) atoms. The van der Waals surface area contributed by atoms with Gasteiger partial charge < -0.3 is 29.2 Å². The van der Waals surface area contributed by atoms with Gasteiger partial charge in [-0.1, -0.05) is 12.1 Å². The molecule has 2 atom stereocenters. The molecule has 1 unspecified atom stereocenters. The van der Waals surface area contributed by atoms with Gasteiger partial charge in [-0.2, -0.15) is 0 Å². The zero-order valence-corrected chi connectivity index (χ0v) is 20.5. The Kier molecular flexibility index (Phi) is 6.74. The summed E-state index contributed by atoms with van der Waals surface area (Å²) in [5, 5.41) is 19.6. The van der Waals surface area contributed by atoms with Crippen molar-refractivity contribution in [2.45, 2.75) is 45.3 Å². The van der Waals surface area contributed by atoms with E-state index in [1.165, 1.54) is 0 Å².